The Balaban J connectivity index is 2.22. The third-order valence-corrected chi connectivity index (χ3v) is 1.84. The molecule has 1 N–H and O–H groups in total. The molecule has 1 aromatic rings. The standard InChI is InChI=1S/C9H15N3O2/c1-8(10-6-9(13)14-2)7-12-5-3-4-11-12/h3-5,8,10H,6-7H2,1-2H3. The van der Waals surface area contributed by atoms with Gasteiger partial charge in [0.1, 0.15) is 0 Å². The van der Waals surface area contributed by atoms with Gasteiger partial charge in [-0.3, -0.25) is 9.48 Å². The van der Waals surface area contributed by atoms with E-state index < -0.39 is 0 Å². The lowest BCUT2D eigenvalue weighted by molar-refractivity contribution is -0.139. The molecule has 0 bridgehead atoms. The molecule has 0 aliphatic carbocycles. The van der Waals surface area contributed by atoms with E-state index in [0.717, 1.165) is 6.54 Å². The molecule has 5 nitrogen and oxygen atoms in total. The molecule has 0 aromatic carbocycles. The number of hydrogen-bond acceptors (Lipinski definition) is 4. The van der Waals surface area contributed by atoms with Crippen LogP contribution in [0.2, 0.25) is 0 Å². The molecule has 14 heavy (non-hydrogen) atoms. The van der Waals surface area contributed by atoms with Crippen molar-refractivity contribution in [2.75, 3.05) is 13.7 Å². The van der Waals surface area contributed by atoms with Gasteiger partial charge in [0.15, 0.2) is 0 Å². The summed E-state index contributed by atoms with van der Waals surface area (Å²) in [6.07, 6.45) is 3.61. The second kappa shape index (κ2) is 5.39. The van der Waals surface area contributed by atoms with E-state index in [4.69, 9.17) is 0 Å². The van der Waals surface area contributed by atoms with Gasteiger partial charge >= 0.3 is 5.97 Å². The van der Waals surface area contributed by atoms with Gasteiger partial charge in [-0.15, -0.1) is 0 Å². The van der Waals surface area contributed by atoms with E-state index in [9.17, 15) is 4.79 Å². The second-order valence-corrected chi connectivity index (χ2v) is 3.09. The molecule has 1 heterocycles. The van der Waals surface area contributed by atoms with E-state index in [0.29, 0.717) is 0 Å². The number of methoxy groups -OCH3 is 1. The second-order valence-electron chi connectivity index (χ2n) is 3.09. The zero-order valence-corrected chi connectivity index (χ0v) is 8.43. The Morgan fingerprint density at radius 1 is 1.71 bits per heavy atom. The van der Waals surface area contributed by atoms with E-state index in [-0.39, 0.29) is 18.6 Å². The van der Waals surface area contributed by atoms with Crippen LogP contribution in [0.3, 0.4) is 0 Å². The van der Waals surface area contributed by atoms with Crippen molar-refractivity contribution in [2.24, 2.45) is 0 Å². The first-order valence-corrected chi connectivity index (χ1v) is 4.50. The largest absolute Gasteiger partial charge is 0.468 e. The van der Waals surface area contributed by atoms with Crippen LogP contribution < -0.4 is 5.32 Å². The quantitative estimate of drug-likeness (QED) is 0.677. The molecule has 0 fully saturated rings. The maximum Gasteiger partial charge on any atom is 0.319 e. The average molecular weight is 197 g/mol. The van der Waals surface area contributed by atoms with Gasteiger partial charge < -0.3 is 10.1 Å². The fourth-order valence-corrected chi connectivity index (χ4v) is 1.08. The number of nitrogens with zero attached hydrogens (tertiary/aromatic N) is 2. The highest BCUT2D eigenvalue weighted by molar-refractivity contribution is 5.71. The third-order valence-electron chi connectivity index (χ3n) is 1.84. The zero-order chi connectivity index (χ0) is 10.4. The van der Waals surface area contributed by atoms with Crippen LogP contribution in [0.5, 0.6) is 0 Å². The molecule has 0 aliphatic heterocycles. The summed E-state index contributed by atoms with van der Waals surface area (Å²) in [5.74, 6) is -0.252. The van der Waals surface area contributed by atoms with Gasteiger partial charge in [0.2, 0.25) is 0 Å². The van der Waals surface area contributed by atoms with E-state index in [2.05, 4.69) is 15.2 Å². The van der Waals surface area contributed by atoms with Crippen molar-refractivity contribution in [3.8, 4) is 0 Å². The van der Waals surface area contributed by atoms with E-state index in [1.54, 1.807) is 6.20 Å². The topological polar surface area (TPSA) is 56.1 Å². The van der Waals surface area contributed by atoms with Crippen molar-refractivity contribution in [1.29, 1.82) is 0 Å². The maximum absolute atomic E-state index is 10.8. The number of rotatable bonds is 5. The van der Waals surface area contributed by atoms with Gasteiger partial charge in [0.05, 0.1) is 20.2 Å². The highest BCUT2D eigenvalue weighted by Crippen LogP contribution is 1.89. The van der Waals surface area contributed by atoms with Crippen LogP contribution in [-0.4, -0.2) is 35.4 Å². The predicted molar refractivity (Wildman–Crippen MR) is 51.7 cm³/mol. The number of nitrogens with one attached hydrogen (secondary N) is 1. The number of esters is 1. The SMILES string of the molecule is COC(=O)CNC(C)Cn1cccn1. The lowest BCUT2D eigenvalue weighted by Crippen LogP contribution is -2.35. The van der Waals surface area contributed by atoms with Gasteiger partial charge in [0.25, 0.3) is 0 Å². The molecule has 0 saturated carbocycles. The van der Waals surface area contributed by atoms with Gasteiger partial charge in [0, 0.05) is 18.4 Å². The minimum absolute atomic E-state index is 0.189. The monoisotopic (exact) mass is 197 g/mol. The predicted octanol–water partition coefficient (Wildman–Crippen LogP) is 0.0342. The van der Waals surface area contributed by atoms with Gasteiger partial charge in [-0.1, -0.05) is 0 Å². The Morgan fingerprint density at radius 3 is 3.07 bits per heavy atom. The Kier molecular flexibility index (Phi) is 4.12. The molecule has 78 valence electrons. The van der Waals surface area contributed by atoms with E-state index in [1.807, 2.05) is 23.9 Å². The van der Waals surface area contributed by atoms with Crippen LogP contribution >= 0.6 is 0 Å². The lowest BCUT2D eigenvalue weighted by atomic mass is 10.3. The Morgan fingerprint density at radius 2 is 2.50 bits per heavy atom. The minimum Gasteiger partial charge on any atom is -0.468 e. The van der Waals surface area contributed by atoms with Crippen molar-refractivity contribution in [3.05, 3.63) is 18.5 Å². The molecule has 0 saturated heterocycles. The number of ether oxygens (including phenoxy) is 1. The summed E-state index contributed by atoms with van der Waals surface area (Å²) >= 11 is 0. The lowest BCUT2D eigenvalue weighted by Gasteiger charge is -2.12. The number of carbonyl (C=O) groups excluding carboxylic acids is 1. The van der Waals surface area contributed by atoms with E-state index >= 15 is 0 Å². The van der Waals surface area contributed by atoms with Crippen LogP contribution in [0.4, 0.5) is 0 Å². The molecule has 0 radical (unpaired) electrons. The summed E-state index contributed by atoms with van der Waals surface area (Å²) in [5, 5.41) is 7.10. The molecule has 0 aliphatic rings. The Bertz CT molecular complexity index is 272. The molecule has 1 rings (SSSR count). The number of aromatic nitrogens is 2. The summed E-state index contributed by atoms with van der Waals surface area (Å²) in [5.41, 5.74) is 0. The summed E-state index contributed by atoms with van der Waals surface area (Å²) in [7, 11) is 1.38. The summed E-state index contributed by atoms with van der Waals surface area (Å²) in [4.78, 5) is 10.8. The van der Waals surface area contributed by atoms with E-state index in [1.165, 1.54) is 7.11 Å². The Labute approximate surface area is 83.1 Å². The highest BCUT2D eigenvalue weighted by atomic mass is 16.5. The fourth-order valence-electron chi connectivity index (χ4n) is 1.08. The maximum atomic E-state index is 10.8. The van der Waals surface area contributed by atoms with Crippen molar-refractivity contribution < 1.29 is 9.53 Å². The highest BCUT2D eigenvalue weighted by Gasteiger charge is 2.05. The fraction of sp³-hybridized carbons (Fsp3) is 0.556. The molecular formula is C9H15N3O2. The first-order valence-electron chi connectivity index (χ1n) is 4.50. The van der Waals surface area contributed by atoms with Gasteiger partial charge in [-0.05, 0) is 13.0 Å². The third kappa shape index (κ3) is 3.57. The van der Waals surface area contributed by atoms with Crippen LogP contribution in [0.1, 0.15) is 6.92 Å². The molecule has 0 spiro atoms. The minimum atomic E-state index is -0.252. The normalized spacial score (nSPS) is 12.4. The van der Waals surface area contributed by atoms with Crippen LogP contribution in [0.25, 0.3) is 0 Å². The molecular weight excluding hydrogens is 182 g/mol. The van der Waals surface area contributed by atoms with Crippen molar-refractivity contribution >= 4 is 5.97 Å². The summed E-state index contributed by atoms with van der Waals surface area (Å²) < 4.78 is 6.33. The molecule has 1 aromatic heterocycles. The number of carbonyl (C=O) groups is 1. The summed E-state index contributed by atoms with van der Waals surface area (Å²) in [6.45, 7) is 2.97. The van der Waals surface area contributed by atoms with Gasteiger partial charge in [-0.2, -0.15) is 5.10 Å². The Hall–Kier alpha value is -1.36. The van der Waals surface area contributed by atoms with Crippen molar-refractivity contribution in [3.63, 3.8) is 0 Å². The molecule has 1 atom stereocenters. The average Bonchev–Trinajstić information content (AvgIpc) is 2.66. The van der Waals surface area contributed by atoms with Crippen LogP contribution in [0.15, 0.2) is 18.5 Å². The first kappa shape index (κ1) is 10.7. The van der Waals surface area contributed by atoms with Crippen LogP contribution in [-0.2, 0) is 16.1 Å². The van der Waals surface area contributed by atoms with Crippen LogP contribution in [0, 0.1) is 0 Å². The van der Waals surface area contributed by atoms with Crippen molar-refractivity contribution in [1.82, 2.24) is 15.1 Å². The molecule has 0 amide bonds. The summed E-state index contributed by atoms with van der Waals surface area (Å²) in [6, 6.07) is 2.06. The smallest absolute Gasteiger partial charge is 0.319 e. The first-order chi connectivity index (χ1) is 6.72. The zero-order valence-electron chi connectivity index (χ0n) is 8.43. The van der Waals surface area contributed by atoms with Crippen molar-refractivity contribution in [2.45, 2.75) is 19.5 Å². The number of hydrogen-bond donors (Lipinski definition) is 1. The molecule has 5 heteroatoms. The van der Waals surface area contributed by atoms with Gasteiger partial charge in [-0.25, -0.2) is 0 Å². The molecule has 1 unspecified atom stereocenters.